The van der Waals surface area contributed by atoms with Crippen molar-refractivity contribution >= 4 is 40.6 Å². The van der Waals surface area contributed by atoms with Gasteiger partial charge in [0.1, 0.15) is 12.3 Å². The summed E-state index contributed by atoms with van der Waals surface area (Å²) in [5, 5.41) is 2.60. The van der Waals surface area contributed by atoms with Gasteiger partial charge in [-0.05, 0) is 52.8 Å². The summed E-state index contributed by atoms with van der Waals surface area (Å²) in [6.07, 6.45) is 4.01. The Morgan fingerprint density at radius 3 is 2.75 bits per heavy atom. The second kappa shape index (κ2) is 8.18. The van der Waals surface area contributed by atoms with E-state index in [4.69, 9.17) is 9.47 Å². The standard InChI is InChI=1S/C17H19IN2O4/c1-4-6-20-16(21)13(19-17(20)22)9-11-8-12(18)15(24-7-5-2)14(10-11)23-3/h5,8-10H,2,4,6-7H2,1,3H3,(H,19,22)/b13-9-. The zero-order valence-electron chi connectivity index (χ0n) is 13.6. The molecule has 3 amide bonds. The summed E-state index contributed by atoms with van der Waals surface area (Å²) in [4.78, 5) is 25.3. The Balaban J connectivity index is 2.33. The summed E-state index contributed by atoms with van der Waals surface area (Å²) < 4.78 is 11.8. The van der Waals surface area contributed by atoms with Crippen LogP contribution in [0.5, 0.6) is 11.5 Å². The van der Waals surface area contributed by atoms with Gasteiger partial charge in [0.2, 0.25) is 0 Å². The van der Waals surface area contributed by atoms with Crippen molar-refractivity contribution in [3.63, 3.8) is 0 Å². The molecular weight excluding hydrogens is 423 g/mol. The Bertz CT molecular complexity index is 700. The van der Waals surface area contributed by atoms with E-state index >= 15 is 0 Å². The molecule has 1 N–H and O–H groups in total. The van der Waals surface area contributed by atoms with Gasteiger partial charge in [0, 0.05) is 6.54 Å². The number of benzene rings is 1. The van der Waals surface area contributed by atoms with E-state index in [0.29, 0.717) is 31.1 Å². The highest BCUT2D eigenvalue weighted by atomic mass is 127. The zero-order chi connectivity index (χ0) is 17.7. The lowest BCUT2D eigenvalue weighted by atomic mass is 10.1. The predicted octanol–water partition coefficient (Wildman–Crippen LogP) is 3.17. The highest BCUT2D eigenvalue weighted by Crippen LogP contribution is 2.34. The number of nitrogens with zero attached hydrogens (tertiary/aromatic N) is 1. The van der Waals surface area contributed by atoms with Crippen LogP contribution in [0.4, 0.5) is 4.79 Å². The van der Waals surface area contributed by atoms with E-state index in [1.165, 1.54) is 4.90 Å². The maximum Gasteiger partial charge on any atom is 0.329 e. The molecule has 0 saturated carbocycles. The maximum atomic E-state index is 12.3. The summed E-state index contributed by atoms with van der Waals surface area (Å²) in [6, 6.07) is 3.23. The number of carbonyl (C=O) groups excluding carboxylic acids is 2. The number of rotatable bonds is 7. The minimum Gasteiger partial charge on any atom is -0.493 e. The second-order valence-electron chi connectivity index (χ2n) is 5.08. The van der Waals surface area contributed by atoms with Crippen LogP contribution < -0.4 is 14.8 Å². The quantitative estimate of drug-likeness (QED) is 0.305. The summed E-state index contributed by atoms with van der Waals surface area (Å²) in [5.41, 5.74) is 0.996. The third-order valence-electron chi connectivity index (χ3n) is 3.32. The number of hydrogen-bond donors (Lipinski definition) is 1. The van der Waals surface area contributed by atoms with Crippen LogP contribution in [0.1, 0.15) is 18.9 Å². The van der Waals surface area contributed by atoms with Crippen LogP contribution in [0.3, 0.4) is 0 Å². The molecular formula is C17H19IN2O4. The number of halogens is 1. The molecule has 1 aliphatic heterocycles. The fourth-order valence-electron chi connectivity index (χ4n) is 2.27. The van der Waals surface area contributed by atoms with Crippen molar-refractivity contribution in [2.24, 2.45) is 0 Å². The lowest BCUT2D eigenvalue weighted by Crippen LogP contribution is -2.31. The molecule has 6 nitrogen and oxygen atoms in total. The van der Waals surface area contributed by atoms with E-state index in [1.54, 1.807) is 25.3 Å². The minimum absolute atomic E-state index is 0.256. The van der Waals surface area contributed by atoms with Gasteiger partial charge in [0.15, 0.2) is 11.5 Å². The number of imide groups is 1. The highest BCUT2D eigenvalue weighted by molar-refractivity contribution is 14.1. The van der Waals surface area contributed by atoms with Crippen molar-refractivity contribution < 1.29 is 19.1 Å². The summed E-state index contributed by atoms with van der Waals surface area (Å²) in [6.45, 7) is 6.31. The molecule has 0 atom stereocenters. The summed E-state index contributed by atoms with van der Waals surface area (Å²) in [5.74, 6) is 0.857. The Labute approximate surface area is 154 Å². The minimum atomic E-state index is -0.388. The third-order valence-corrected chi connectivity index (χ3v) is 4.12. The average Bonchev–Trinajstić information content (AvgIpc) is 2.81. The van der Waals surface area contributed by atoms with E-state index in [2.05, 4.69) is 34.5 Å². The van der Waals surface area contributed by atoms with Crippen molar-refractivity contribution in [1.82, 2.24) is 10.2 Å². The van der Waals surface area contributed by atoms with Gasteiger partial charge in [-0.15, -0.1) is 0 Å². The maximum absolute atomic E-state index is 12.3. The first kappa shape index (κ1) is 18.3. The van der Waals surface area contributed by atoms with E-state index in [1.807, 2.05) is 13.0 Å². The number of ether oxygens (including phenoxy) is 2. The number of nitrogens with one attached hydrogen (secondary N) is 1. The molecule has 1 heterocycles. The largest absolute Gasteiger partial charge is 0.493 e. The molecule has 1 aromatic rings. The molecule has 24 heavy (non-hydrogen) atoms. The van der Waals surface area contributed by atoms with Crippen LogP contribution in [-0.4, -0.2) is 37.1 Å². The van der Waals surface area contributed by atoms with E-state index < -0.39 is 0 Å². The van der Waals surface area contributed by atoms with Crippen molar-refractivity contribution in [3.05, 3.63) is 39.6 Å². The Morgan fingerprint density at radius 1 is 1.38 bits per heavy atom. The van der Waals surface area contributed by atoms with Crippen LogP contribution >= 0.6 is 22.6 Å². The van der Waals surface area contributed by atoms with E-state index in [-0.39, 0.29) is 17.6 Å². The predicted molar refractivity (Wildman–Crippen MR) is 99.9 cm³/mol. The van der Waals surface area contributed by atoms with Gasteiger partial charge in [-0.3, -0.25) is 9.69 Å². The van der Waals surface area contributed by atoms with Crippen LogP contribution in [0.15, 0.2) is 30.5 Å². The normalized spacial score (nSPS) is 15.6. The topological polar surface area (TPSA) is 67.9 Å². The van der Waals surface area contributed by atoms with Gasteiger partial charge in [-0.2, -0.15) is 0 Å². The van der Waals surface area contributed by atoms with Crippen molar-refractivity contribution in [2.75, 3.05) is 20.3 Å². The molecule has 1 saturated heterocycles. The monoisotopic (exact) mass is 442 g/mol. The van der Waals surface area contributed by atoms with Crippen molar-refractivity contribution in [2.45, 2.75) is 13.3 Å². The number of hydrogen-bond acceptors (Lipinski definition) is 4. The summed E-state index contributed by atoms with van der Waals surface area (Å²) in [7, 11) is 1.55. The van der Waals surface area contributed by atoms with Crippen LogP contribution in [0, 0.1) is 3.57 Å². The summed E-state index contributed by atoms with van der Waals surface area (Å²) >= 11 is 2.14. The van der Waals surface area contributed by atoms with E-state index in [9.17, 15) is 9.59 Å². The third kappa shape index (κ3) is 3.89. The molecule has 1 aromatic carbocycles. The molecule has 2 rings (SSSR count). The van der Waals surface area contributed by atoms with Gasteiger partial charge in [-0.1, -0.05) is 19.6 Å². The van der Waals surface area contributed by atoms with Gasteiger partial charge in [0.25, 0.3) is 5.91 Å². The number of carbonyl (C=O) groups is 2. The molecule has 0 radical (unpaired) electrons. The molecule has 0 unspecified atom stereocenters. The number of methoxy groups -OCH3 is 1. The SMILES string of the molecule is C=CCOc1c(I)cc(/C=C2\NC(=O)N(CCC)C2=O)cc1OC. The number of amides is 3. The molecule has 1 fully saturated rings. The van der Waals surface area contributed by atoms with Gasteiger partial charge < -0.3 is 14.8 Å². The fourth-order valence-corrected chi connectivity index (χ4v) is 3.05. The van der Waals surface area contributed by atoms with Crippen LogP contribution in [0.2, 0.25) is 0 Å². The Hall–Kier alpha value is -2.03. The van der Waals surface area contributed by atoms with Crippen LogP contribution in [0.25, 0.3) is 6.08 Å². The lowest BCUT2D eigenvalue weighted by Gasteiger charge is -2.12. The Morgan fingerprint density at radius 2 is 2.12 bits per heavy atom. The smallest absolute Gasteiger partial charge is 0.329 e. The average molecular weight is 442 g/mol. The molecule has 0 aromatic heterocycles. The fraction of sp³-hybridized carbons (Fsp3) is 0.294. The first-order valence-corrected chi connectivity index (χ1v) is 8.55. The number of urea groups is 1. The molecule has 0 aliphatic carbocycles. The van der Waals surface area contributed by atoms with Crippen LogP contribution in [-0.2, 0) is 4.79 Å². The molecule has 1 aliphatic rings. The molecule has 7 heteroatoms. The second-order valence-corrected chi connectivity index (χ2v) is 6.24. The lowest BCUT2D eigenvalue weighted by molar-refractivity contribution is -0.122. The van der Waals surface area contributed by atoms with E-state index in [0.717, 1.165) is 9.13 Å². The Kier molecular flexibility index (Phi) is 6.24. The van der Waals surface area contributed by atoms with Crippen molar-refractivity contribution in [1.29, 1.82) is 0 Å². The molecule has 128 valence electrons. The van der Waals surface area contributed by atoms with Gasteiger partial charge >= 0.3 is 6.03 Å². The highest BCUT2D eigenvalue weighted by Gasteiger charge is 2.32. The van der Waals surface area contributed by atoms with Gasteiger partial charge in [0.05, 0.1) is 10.7 Å². The zero-order valence-corrected chi connectivity index (χ0v) is 15.8. The van der Waals surface area contributed by atoms with Gasteiger partial charge in [-0.25, -0.2) is 4.79 Å². The molecule has 0 bridgehead atoms. The first-order valence-electron chi connectivity index (χ1n) is 7.47. The molecule has 0 spiro atoms. The van der Waals surface area contributed by atoms with Crippen molar-refractivity contribution in [3.8, 4) is 11.5 Å². The first-order chi connectivity index (χ1) is 11.5.